The van der Waals surface area contributed by atoms with E-state index in [1.165, 1.54) is 4.57 Å². The van der Waals surface area contributed by atoms with E-state index in [1.54, 1.807) is 6.21 Å². The molecule has 1 aliphatic heterocycles. The van der Waals surface area contributed by atoms with Gasteiger partial charge in [0, 0.05) is 23.3 Å². The second-order valence-electron chi connectivity index (χ2n) is 6.69. The monoisotopic (exact) mass is 497 g/mol. The van der Waals surface area contributed by atoms with Crippen molar-refractivity contribution in [3.8, 4) is 11.6 Å². The van der Waals surface area contributed by atoms with Crippen molar-refractivity contribution in [2.24, 2.45) is 10.2 Å². The van der Waals surface area contributed by atoms with Gasteiger partial charge in [-0.3, -0.25) is 9.36 Å². The molecule has 1 aliphatic rings. The van der Waals surface area contributed by atoms with Crippen molar-refractivity contribution in [2.75, 3.05) is 6.61 Å². The van der Waals surface area contributed by atoms with Crippen LogP contribution in [0.3, 0.4) is 0 Å². The van der Waals surface area contributed by atoms with E-state index in [9.17, 15) is 9.90 Å². The molecule has 1 aromatic heterocycles. The molecule has 0 fully saturated rings. The normalized spacial score (nSPS) is 14.6. The number of ether oxygens (including phenoxy) is 1. The fourth-order valence-electron chi connectivity index (χ4n) is 3.43. The molecule has 0 bridgehead atoms. The lowest BCUT2D eigenvalue weighted by molar-refractivity contribution is 0.338. The molecule has 8 heteroatoms. The first kappa shape index (κ1) is 21.3. The predicted molar refractivity (Wildman–Crippen MR) is 129 cm³/mol. The van der Waals surface area contributed by atoms with Gasteiger partial charge in [-0.15, -0.1) is 5.10 Å². The van der Waals surface area contributed by atoms with Gasteiger partial charge in [-0.2, -0.15) is 5.10 Å². The van der Waals surface area contributed by atoms with Crippen molar-refractivity contribution in [3.05, 3.63) is 84.2 Å². The molecule has 0 unspecified atom stereocenters. The van der Waals surface area contributed by atoms with Crippen molar-refractivity contribution in [2.45, 2.75) is 20.4 Å². The topological polar surface area (TPSA) is 76.2 Å². The number of aromatic nitrogens is 1. The molecule has 0 aliphatic carbocycles. The van der Waals surface area contributed by atoms with Gasteiger partial charge in [-0.1, -0.05) is 41.7 Å². The molecule has 2 aromatic carbocycles. The molecule has 3 aromatic rings. The highest BCUT2D eigenvalue weighted by atomic mass is 79.9. The third kappa shape index (κ3) is 4.00. The number of hydrogen-bond acceptors (Lipinski definition) is 6. The van der Waals surface area contributed by atoms with Crippen LogP contribution in [0.25, 0.3) is 5.57 Å². The lowest BCUT2D eigenvalue weighted by atomic mass is 9.93. The van der Waals surface area contributed by atoms with E-state index in [0.29, 0.717) is 23.7 Å². The van der Waals surface area contributed by atoms with Crippen LogP contribution >= 0.6 is 27.3 Å². The molecule has 0 amide bonds. The first-order valence-corrected chi connectivity index (χ1v) is 11.4. The van der Waals surface area contributed by atoms with Crippen LogP contribution < -0.4 is 9.61 Å². The molecule has 0 saturated heterocycles. The number of thiazole rings is 1. The number of halogens is 1. The SMILES string of the molecule is CCOc1ccc(C2=NN=CC2=C(c2ccccc2)c2sc(=O)n(CC)c2O)cc1Br. The Morgan fingerprint density at radius 2 is 1.97 bits per heavy atom. The highest BCUT2D eigenvalue weighted by molar-refractivity contribution is 9.10. The Morgan fingerprint density at radius 3 is 2.61 bits per heavy atom. The Bertz CT molecular complexity index is 1270. The molecule has 0 spiro atoms. The summed E-state index contributed by atoms with van der Waals surface area (Å²) in [6, 6.07) is 15.4. The number of rotatable bonds is 6. The molecular weight excluding hydrogens is 478 g/mol. The minimum atomic E-state index is -0.207. The van der Waals surface area contributed by atoms with Crippen LogP contribution in [0.15, 0.2) is 73.6 Å². The number of allylic oxidation sites excluding steroid dienone is 1. The minimum absolute atomic E-state index is 0.0450. The van der Waals surface area contributed by atoms with E-state index in [1.807, 2.05) is 62.4 Å². The van der Waals surface area contributed by atoms with Gasteiger partial charge >= 0.3 is 4.87 Å². The summed E-state index contributed by atoms with van der Waals surface area (Å²) in [5.74, 6) is 0.701. The highest BCUT2D eigenvalue weighted by Crippen LogP contribution is 2.37. The molecule has 4 rings (SSSR count). The number of nitrogens with zero attached hydrogens (tertiary/aromatic N) is 3. The van der Waals surface area contributed by atoms with Crippen LogP contribution in [-0.4, -0.2) is 28.2 Å². The zero-order chi connectivity index (χ0) is 22.0. The molecular formula is C23H20BrN3O3S. The van der Waals surface area contributed by atoms with Crippen LogP contribution in [-0.2, 0) is 6.54 Å². The van der Waals surface area contributed by atoms with E-state index in [-0.39, 0.29) is 10.8 Å². The van der Waals surface area contributed by atoms with Gasteiger partial charge in [-0.05, 0) is 53.5 Å². The quantitative estimate of drug-likeness (QED) is 0.515. The van der Waals surface area contributed by atoms with E-state index in [0.717, 1.165) is 43.8 Å². The largest absolute Gasteiger partial charge is 0.493 e. The Hall–Kier alpha value is -2.97. The Balaban J connectivity index is 1.93. The van der Waals surface area contributed by atoms with Gasteiger partial charge in [0.25, 0.3) is 0 Å². The van der Waals surface area contributed by atoms with E-state index < -0.39 is 0 Å². The van der Waals surface area contributed by atoms with Crippen molar-refractivity contribution in [3.63, 3.8) is 0 Å². The number of benzene rings is 2. The Kier molecular flexibility index (Phi) is 6.20. The van der Waals surface area contributed by atoms with E-state index in [4.69, 9.17) is 4.74 Å². The summed E-state index contributed by atoms with van der Waals surface area (Å²) >= 11 is 4.57. The van der Waals surface area contributed by atoms with Crippen molar-refractivity contribution >= 4 is 44.8 Å². The van der Waals surface area contributed by atoms with Crippen molar-refractivity contribution in [1.29, 1.82) is 0 Å². The third-order valence-electron chi connectivity index (χ3n) is 4.85. The van der Waals surface area contributed by atoms with Crippen LogP contribution in [0.2, 0.25) is 0 Å². The van der Waals surface area contributed by atoms with E-state index >= 15 is 0 Å². The van der Waals surface area contributed by atoms with E-state index in [2.05, 4.69) is 26.1 Å². The second-order valence-corrected chi connectivity index (χ2v) is 8.51. The van der Waals surface area contributed by atoms with Gasteiger partial charge in [0.15, 0.2) is 0 Å². The first-order chi connectivity index (χ1) is 15.0. The van der Waals surface area contributed by atoms with Gasteiger partial charge in [0.05, 0.1) is 17.3 Å². The van der Waals surface area contributed by atoms with Gasteiger partial charge in [0.2, 0.25) is 5.88 Å². The molecule has 2 heterocycles. The van der Waals surface area contributed by atoms with Gasteiger partial charge in [-0.25, -0.2) is 0 Å². The predicted octanol–water partition coefficient (Wildman–Crippen LogP) is 5.09. The summed E-state index contributed by atoms with van der Waals surface area (Å²) in [7, 11) is 0. The Morgan fingerprint density at radius 1 is 1.19 bits per heavy atom. The van der Waals surface area contributed by atoms with Gasteiger partial charge < -0.3 is 9.84 Å². The number of aromatic hydroxyl groups is 1. The Labute approximate surface area is 192 Å². The van der Waals surface area contributed by atoms with Crippen LogP contribution in [0.5, 0.6) is 11.6 Å². The minimum Gasteiger partial charge on any atom is -0.493 e. The molecule has 158 valence electrons. The molecule has 0 atom stereocenters. The first-order valence-electron chi connectivity index (χ1n) is 9.81. The summed E-state index contributed by atoms with van der Waals surface area (Å²) in [6.07, 6.45) is 1.67. The highest BCUT2D eigenvalue weighted by Gasteiger charge is 2.26. The molecule has 0 saturated carbocycles. The second kappa shape index (κ2) is 9.03. The fourth-order valence-corrected chi connectivity index (χ4v) is 4.95. The zero-order valence-electron chi connectivity index (χ0n) is 17.0. The summed E-state index contributed by atoms with van der Waals surface area (Å²) in [5.41, 5.74) is 3.83. The standard InChI is InChI=1S/C23H20BrN3O3S/c1-3-27-22(28)21(31-23(27)29)19(14-8-6-5-7-9-14)16-13-25-26-20(16)15-10-11-18(30-4-2)17(24)12-15/h5-13,28H,3-4H2,1-2H3. The third-order valence-corrected chi connectivity index (χ3v) is 6.45. The maximum atomic E-state index is 12.5. The van der Waals surface area contributed by atoms with Crippen LogP contribution in [0.4, 0.5) is 0 Å². The zero-order valence-corrected chi connectivity index (χ0v) is 19.4. The van der Waals surface area contributed by atoms with Crippen LogP contribution in [0, 0.1) is 0 Å². The van der Waals surface area contributed by atoms with Gasteiger partial charge in [0.1, 0.15) is 16.3 Å². The van der Waals surface area contributed by atoms with Crippen LogP contribution in [0.1, 0.15) is 29.9 Å². The molecule has 6 nitrogen and oxygen atoms in total. The number of hydrogen-bond donors (Lipinski definition) is 1. The molecule has 0 radical (unpaired) electrons. The lowest BCUT2D eigenvalue weighted by Gasteiger charge is -2.13. The van der Waals surface area contributed by atoms with Crippen molar-refractivity contribution in [1.82, 2.24) is 4.57 Å². The molecule has 31 heavy (non-hydrogen) atoms. The summed E-state index contributed by atoms with van der Waals surface area (Å²) in [5, 5.41) is 19.3. The average molecular weight is 498 g/mol. The average Bonchev–Trinajstić information content (AvgIpc) is 3.35. The molecule has 1 N–H and O–H groups in total. The maximum Gasteiger partial charge on any atom is 0.310 e. The smallest absolute Gasteiger partial charge is 0.310 e. The summed E-state index contributed by atoms with van der Waals surface area (Å²) < 4.78 is 7.79. The maximum absolute atomic E-state index is 12.5. The summed E-state index contributed by atoms with van der Waals surface area (Å²) in [4.78, 5) is 12.7. The van der Waals surface area contributed by atoms with Crippen molar-refractivity contribution < 1.29 is 9.84 Å². The lowest BCUT2D eigenvalue weighted by Crippen LogP contribution is -2.10. The fraction of sp³-hybridized carbons (Fsp3) is 0.174. The summed E-state index contributed by atoms with van der Waals surface area (Å²) in [6.45, 7) is 4.72.